The molecule has 88 valence electrons. The lowest BCUT2D eigenvalue weighted by atomic mass is 10.4. The minimum absolute atomic E-state index is 0.299. The van der Waals surface area contributed by atoms with Gasteiger partial charge in [0.2, 0.25) is 0 Å². The number of nitrogens with zero attached hydrogens (tertiary/aromatic N) is 2. The van der Waals surface area contributed by atoms with Gasteiger partial charge in [-0.1, -0.05) is 6.08 Å². The second kappa shape index (κ2) is 4.34. The lowest BCUT2D eigenvalue weighted by Gasteiger charge is -2.02. The molecule has 8 heteroatoms. The van der Waals surface area contributed by atoms with Crippen LogP contribution in [0.25, 0.3) is 11.5 Å². The van der Waals surface area contributed by atoms with Gasteiger partial charge in [-0.15, -0.1) is 6.58 Å². The van der Waals surface area contributed by atoms with Gasteiger partial charge in [0.15, 0.2) is 10.6 Å². The molecule has 0 saturated heterocycles. The van der Waals surface area contributed by atoms with E-state index in [0.717, 1.165) is 0 Å². The average Bonchev–Trinajstić information content (AvgIpc) is 2.60. The van der Waals surface area contributed by atoms with Crippen molar-refractivity contribution in [1.29, 1.82) is 0 Å². The predicted molar refractivity (Wildman–Crippen MR) is 64.3 cm³/mol. The van der Waals surface area contributed by atoms with Gasteiger partial charge in [0.1, 0.15) is 0 Å². The summed E-state index contributed by atoms with van der Waals surface area (Å²) in [5.41, 5.74) is -0.789. The summed E-state index contributed by atoms with van der Waals surface area (Å²) in [5.74, 6) is 0.387. The molecule has 17 heavy (non-hydrogen) atoms. The Morgan fingerprint density at radius 3 is 2.88 bits per heavy atom. The molecular formula is C9H9N5O2S. The minimum Gasteiger partial charge on any atom is -0.304 e. The number of aromatic amines is 3. The average molecular weight is 251 g/mol. The molecule has 0 aromatic carbocycles. The quantitative estimate of drug-likeness (QED) is 0.535. The fourth-order valence-electron chi connectivity index (χ4n) is 1.41. The summed E-state index contributed by atoms with van der Waals surface area (Å²) in [6.45, 7) is 4.03. The summed E-state index contributed by atoms with van der Waals surface area (Å²) in [5, 5.41) is 6.56. The van der Waals surface area contributed by atoms with Crippen LogP contribution in [0.3, 0.4) is 0 Å². The minimum atomic E-state index is -0.591. The molecule has 0 atom stereocenters. The predicted octanol–water partition coefficient (Wildman–Crippen LogP) is 0.170. The lowest BCUT2D eigenvalue weighted by Crippen LogP contribution is -2.22. The summed E-state index contributed by atoms with van der Waals surface area (Å²) in [4.78, 5) is 26.9. The third-order valence-corrected chi connectivity index (χ3v) is 2.38. The molecule has 7 nitrogen and oxygen atoms in total. The zero-order chi connectivity index (χ0) is 12.4. The Morgan fingerprint density at radius 1 is 1.47 bits per heavy atom. The van der Waals surface area contributed by atoms with Crippen molar-refractivity contribution >= 4 is 12.2 Å². The monoisotopic (exact) mass is 251 g/mol. The molecule has 2 aromatic heterocycles. The zero-order valence-corrected chi connectivity index (χ0v) is 9.50. The molecule has 0 saturated carbocycles. The molecule has 2 aromatic rings. The van der Waals surface area contributed by atoms with Crippen LogP contribution in [0, 0.1) is 4.77 Å². The van der Waals surface area contributed by atoms with Crippen LogP contribution in [0.15, 0.2) is 28.3 Å². The van der Waals surface area contributed by atoms with Crippen LogP contribution in [0.2, 0.25) is 0 Å². The molecule has 0 aliphatic rings. The first kappa shape index (κ1) is 11.3. The van der Waals surface area contributed by atoms with Gasteiger partial charge in [-0.25, -0.2) is 4.79 Å². The Labute approximate surface area is 99.8 Å². The van der Waals surface area contributed by atoms with E-state index >= 15 is 0 Å². The molecule has 2 rings (SSSR count). The number of H-pyrrole nitrogens is 3. The van der Waals surface area contributed by atoms with E-state index in [-0.39, 0.29) is 0 Å². The van der Waals surface area contributed by atoms with Crippen LogP contribution in [-0.2, 0) is 6.54 Å². The van der Waals surface area contributed by atoms with E-state index in [0.29, 0.717) is 22.8 Å². The molecule has 2 heterocycles. The van der Waals surface area contributed by atoms with E-state index < -0.39 is 11.2 Å². The molecule has 0 spiro atoms. The topological polar surface area (TPSA) is 99.3 Å². The first-order valence-electron chi connectivity index (χ1n) is 4.72. The molecule has 0 radical (unpaired) electrons. The highest BCUT2D eigenvalue weighted by Gasteiger charge is 2.09. The molecule has 3 N–H and O–H groups in total. The van der Waals surface area contributed by atoms with Crippen LogP contribution in [0.5, 0.6) is 0 Å². The van der Waals surface area contributed by atoms with Gasteiger partial charge in [0, 0.05) is 12.6 Å². The van der Waals surface area contributed by atoms with Crippen molar-refractivity contribution in [2.45, 2.75) is 6.54 Å². The van der Waals surface area contributed by atoms with Gasteiger partial charge in [-0.05, 0) is 12.2 Å². The number of allylic oxidation sites excluding steroid dienone is 1. The highest BCUT2D eigenvalue weighted by atomic mass is 32.1. The number of aromatic nitrogens is 5. The van der Waals surface area contributed by atoms with E-state index in [4.69, 9.17) is 12.2 Å². The summed E-state index contributed by atoms with van der Waals surface area (Å²) in [6, 6.07) is 1.24. The van der Waals surface area contributed by atoms with Crippen molar-refractivity contribution in [2.75, 3.05) is 0 Å². The Kier molecular flexibility index (Phi) is 2.88. The summed E-state index contributed by atoms with van der Waals surface area (Å²) in [7, 11) is 0. The lowest BCUT2D eigenvalue weighted by molar-refractivity contribution is 0.808. The molecule has 0 bridgehead atoms. The maximum Gasteiger partial charge on any atom is 0.326 e. The molecular weight excluding hydrogens is 242 g/mol. The molecule has 0 amide bonds. The van der Waals surface area contributed by atoms with Crippen LogP contribution in [-0.4, -0.2) is 24.7 Å². The summed E-state index contributed by atoms with van der Waals surface area (Å²) in [6.07, 6.45) is 1.64. The highest BCUT2D eigenvalue weighted by molar-refractivity contribution is 7.71. The Bertz CT molecular complexity index is 691. The normalized spacial score (nSPS) is 10.4. The van der Waals surface area contributed by atoms with Crippen LogP contribution in [0.4, 0.5) is 0 Å². The van der Waals surface area contributed by atoms with E-state index in [1.807, 2.05) is 0 Å². The summed E-state index contributed by atoms with van der Waals surface area (Å²) >= 11 is 5.02. The standard InChI is InChI=1S/C9H9N5O2S/c1-2-3-14-7(12-13-9(14)17)5-4-6(15)11-8(16)10-5/h2,4H,1,3H2,(H,13,17)(H2,10,11,15,16). The number of rotatable bonds is 3. The largest absolute Gasteiger partial charge is 0.326 e. The molecule has 0 aliphatic heterocycles. The zero-order valence-electron chi connectivity index (χ0n) is 8.69. The van der Waals surface area contributed by atoms with E-state index in [1.54, 1.807) is 10.6 Å². The first-order chi connectivity index (χ1) is 8.11. The number of nitrogens with one attached hydrogen (secondary N) is 3. The summed E-state index contributed by atoms with van der Waals surface area (Å²) < 4.78 is 2.01. The second-order valence-corrected chi connectivity index (χ2v) is 3.64. The van der Waals surface area contributed by atoms with Gasteiger partial charge < -0.3 is 4.98 Å². The van der Waals surface area contributed by atoms with Crippen molar-refractivity contribution < 1.29 is 0 Å². The van der Waals surface area contributed by atoms with Crippen LogP contribution in [0.1, 0.15) is 0 Å². The van der Waals surface area contributed by atoms with Gasteiger partial charge >= 0.3 is 5.69 Å². The number of hydrogen-bond donors (Lipinski definition) is 3. The van der Waals surface area contributed by atoms with Gasteiger partial charge in [0.25, 0.3) is 5.56 Å². The highest BCUT2D eigenvalue weighted by Crippen LogP contribution is 2.11. The smallest absolute Gasteiger partial charge is 0.304 e. The van der Waals surface area contributed by atoms with Gasteiger partial charge in [0.05, 0.1) is 5.69 Å². The Morgan fingerprint density at radius 2 is 2.24 bits per heavy atom. The van der Waals surface area contributed by atoms with Crippen molar-refractivity contribution in [3.63, 3.8) is 0 Å². The van der Waals surface area contributed by atoms with Gasteiger partial charge in [-0.2, -0.15) is 5.10 Å². The Balaban J connectivity index is 2.68. The first-order valence-corrected chi connectivity index (χ1v) is 5.13. The second-order valence-electron chi connectivity index (χ2n) is 3.25. The SMILES string of the molecule is C=CCn1c(-c2cc(=O)[nH]c(=O)[nH]2)n[nH]c1=S. The van der Waals surface area contributed by atoms with Crippen molar-refractivity contribution in [1.82, 2.24) is 24.7 Å². The third kappa shape index (κ3) is 2.16. The maximum absolute atomic E-state index is 11.2. The van der Waals surface area contributed by atoms with Crippen molar-refractivity contribution in [2.24, 2.45) is 0 Å². The van der Waals surface area contributed by atoms with E-state index in [1.165, 1.54) is 6.07 Å². The van der Waals surface area contributed by atoms with E-state index in [9.17, 15) is 9.59 Å². The van der Waals surface area contributed by atoms with E-state index in [2.05, 4.69) is 26.7 Å². The molecule has 0 fully saturated rings. The fraction of sp³-hybridized carbons (Fsp3) is 0.111. The molecule has 0 unspecified atom stereocenters. The van der Waals surface area contributed by atoms with Gasteiger partial charge in [-0.3, -0.25) is 19.4 Å². The maximum atomic E-state index is 11.2. The van der Waals surface area contributed by atoms with Crippen molar-refractivity contribution in [3.05, 3.63) is 44.3 Å². The van der Waals surface area contributed by atoms with Crippen molar-refractivity contribution in [3.8, 4) is 11.5 Å². The fourth-order valence-corrected chi connectivity index (χ4v) is 1.62. The molecule has 0 aliphatic carbocycles. The van der Waals surface area contributed by atoms with Crippen LogP contribution < -0.4 is 11.2 Å². The third-order valence-electron chi connectivity index (χ3n) is 2.07. The van der Waals surface area contributed by atoms with Crippen LogP contribution >= 0.6 is 12.2 Å². The number of hydrogen-bond acceptors (Lipinski definition) is 4. The Hall–Kier alpha value is -2.22.